The molecule has 0 aromatic heterocycles. The van der Waals surface area contributed by atoms with Crippen LogP contribution in [-0.4, -0.2) is 37.5 Å². The van der Waals surface area contributed by atoms with E-state index in [1.807, 2.05) is 0 Å². The molecule has 2 saturated carbocycles. The third kappa shape index (κ3) is 2.63. The van der Waals surface area contributed by atoms with Gasteiger partial charge in [-0.25, -0.2) is 0 Å². The molecule has 4 heteroatoms. The average molecular weight is 242 g/mol. The van der Waals surface area contributed by atoms with E-state index in [0.29, 0.717) is 11.8 Å². The van der Waals surface area contributed by atoms with Crippen molar-refractivity contribution >= 4 is 5.97 Å². The van der Waals surface area contributed by atoms with Crippen LogP contribution in [0.25, 0.3) is 0 Å². The number of carboxylic acids is 1. The predicted molar refractivity (Wildman–Crippen MR) is 62.8 cm³/mol. The Morgan fingerprint density at radius 1 is 1.00 bits per heavy atom. The van der Waals surface area contributed by atoms with Crippen molar-refractivity contribution in [2.45, 2.75) is 44.3 Å². The van der Waals surface area contributed by atoms with E-state index in [9.17, 15) is 4.79 Å². The normalized spacial score (nSPS) is 41.9. The summed E-state index contributed by atoms with van der Waals surface area (Å²) >= 11 is 0. The minimum absolute atomic E-state index is 0.133. The van der Waals surface area contributed by atoms with Gasteiger partial charge in [-0.15, -0.1) is 0 Å². The molecule has 1 N–H and O–H groups in total. The summed E-state index contributed by atoms with van der Waals surface area (Å²) in [5.74, 6) is 0.349. The first-order chi connectivity index (χ1) is 8.15. The van der Waals surface area contributed by atoms with Crippen LogP contribution in [-0.2, 0) is 14.3 Å². The predicted octanol–water partition coefficient (Wildman–Crippen LogP) is 1.93. The van der Waals surface area contributed by atoms with Crippen molar-refractivity contribution in [3.05, 3.63) is 0 Å². The first kappa shape index (κ1) is 12.8. The molecule has 0 aromatic rings. The molecule has 0 spiro atoms. The number of fused-ring (bicyclic) bond motifs is 1. The number of carboxylic acid groups (broad SMARTS) is 1. The topological polar surface area (TPSA) is 55.8 Å². The molecule has 2 rings (SSSR count). The average Bonchev–Trinajstić information content (AvgIpc) is 2.36. The molecule has 4 nitrogen and oxygen atoms in total. The number of hydrogen-bond acceptors (Lipinski definition) is 3. The highest BCUT2D eigenvalue weighted by Gasteiger charge is 2.42. The second kappa shape index (κ2) is 5.36. The van der Waals surface area contributed by atoms with Crippen LogP contribution in [0.4, 0.5) is 0 Å². The first-order valence-corrected chi connectivity index (χ1v) is 6.44. The van der Waals surface area contributed by atoms with Gasteiger partial charge >= 0.3 is 5.97 Å². The van der Waals surface area contributed by atoms with Crippen LogP contribution in [0.3, 0.4) is 0 Å². The Labute approximate surface area is 102 Å². The number of ether oxygens (including phenoxy) is 2. The van der Waals surface area contributed by atoms with E-state index in [2.05, 4.69) is 0 Å². The fourth-order valence-corrected chi connectivity index (χ4v) is 3.55. The molecule has 17 heavy (non-hydrogen) atoms. The lowest BCUT2D eigenvalue weighted by molar-refractivity contribution is -0.146. The van der Waals surface area contributed by atoms with Gasteiger partial charge in [-0.3, -0.25) is 4.79 Å². The SMILES string of the molecule is COC1CC2CCC(C(=O)O)CC2CC1OC. The third-order valence-corrected chi connectivity index (χ3v) is 4.58. The van der Waals surface area contributed by atoms with E-state index in [1.165, 1.54) is 0 Å². The molecule has 2 aliphatic carbocycles. The summed E-state index contributed by atoms with van der Waals surface area (Å²) in [6.07, 6.45) is 4.95. The van der Waals surface area contributed by atoms with Gasteiger partial charge in [-0.1, -0.05) is 0 Å². The van der Waals surface area contributed by atoms with Crippen LogP contribution >= 0.6 is 0 Å². The van der Waals surface area contributed by atoms with Crippen molar-refractivity contribution in [2.75, 3.05) is 14.2 Å². The molecule has 0 heterocycles. The Morgan fingerprint density at radius 2 is 1.59 bits per heavy atom. The molecule has 0 radical (unpaired) electrons. The summed E-state index contributed by atoms with van der Waals surface area (Å²) in [6, 6.07) is 0. The van der Waals surface area contributed by atoms with Gasteiger partial charge < -0.3 is 14.6 Å². The summed E-state index contributed by atoms with van der Waals surface area (Å²) < 4.78 is 10.9. The van der Waals surface area contributed by atoms with Crippen molar-refractivity contribution in [3.63, 3.8) is 0 Å². The molecule has 5 unspecified atom stereocenters. The van der Waals surface area contributed by atoms with Crippen LogP contribution in [0.15, 0.2) is 0 Å². The highest BCUT2D eigenvalue weighted by Crippen LogP contribution is 2.44. The zero-order valence-corrected chi connectivity index (χ0v) is 10.6. The Kier molecular flexibility index (Phi) is 4.05. The number of hydrogen-bond donors (Lipinski definition) is 1. The standard InChI is InChI=1S/C13H22O4/c1-16-11-6-8-3-4-9(13(14)15)5-10(8)7-12(11)17-2/h8-12H,3-7H2,1-2H3,(H,14,15). The molecule has 0 amide bonds. The Hall–Kier alpha value is -0.610. The van der Waals surface area contributed by atoms with Gasteiger partial charge in [0.25, 0.3) is 0 Å². The van der Waals surface area contributed by atoms with Crippen molar-refractivity contribution in [1.29, 1.82) is 0 Å². The van der Waals surface area contributed by atoms with Crippen molar-refractivity contribution in [2.24, 2.45) is 17.8 Å². The summed E-state index contributed by atoms with van der Waals surface area (Å²) in [4.78, 5) is 11.0. The molecule has 0 aliphatic heterocycles. The summed E-state index contributed by atoms with van der Waals surface area (Å²) in [6.45, 7) is 0. The van der Waals surface area contributed by atoms with Crippen LogP contribution < -0.4 is 0 Å². The molecule has 0 saturated heterocycles. The molecule has 2 aliphatic rings. The smallest absolute Gasteiger partial charge is 0.306 e. The van der Waals surface area contributed by atoms with Gasteiger partial charge in [0, 0.05) is 14.2 Å². The summed E-state index contributed by atoms with van der Waals surface area (Å²) in [7, 11) is 3.45. The molecule has 2 fully saturated rings. The third-order valence-electron chi connectivity index (χ3n) is 4.58. The van der Waals surface area contributed by atoms with Gasteiger partial charge in [-0.2, -0.15) is 0 Å². The van der Waals surface area contributed by atoms with Gasteiger partial charge in [0.2, 0.25) is 0 Å². The highest BCUT2D eigenvalue weighted by molar-refractivity contribution is 5.70. The molecular formula is C13H22O4. The lowest BCUT2D eigenvalue weighted by atomic mass is 9.66. The van der Waals surface area contributed by atoms with E-state index in [4.69, 9.17) is 14.6 Å². The van der Waals surface area contributed by atoms with E-state index in [0.717, 1.165) is 32.1 Å². The maximum Gasteiger partial charge on any atom is 0.306 e. The fourth-order valence-electron chi connectivity index (χ4n) is 3.55. The number of rotatable bonds is 3. The summed E-state index contributed by atoms with van der Waals surface area (Å²) in [5.41, 5.74) is 0. The Bertz CT molecular complexity index is 279. The maximum absolute atomic E-state index is 11.0. The summed E-state index contributed by atoms with van der Waals surface area (Å²) in [5, 5.41) is 9.09. The lowest BCUT2D eigenvalue weighted by Gasteiger charge is -2.44. The molecular weight excluding hydrogens is 220 g/mol. The monoisotopic (exact) mass is 242 g/mol. The zero-order valence-electron chi connectivity index (χ0n) is 10.6. The van der Waals surface area contributed by atoms with Crippen LogP contribution in [0, 0.1) is 17.8 Å². The maximum atomic E-state index is 11.0. The highest BCUT2D eigenvalue weighted by atomic mass is 16.5. The number of carbonyl (C=O) groups is 1. The molecule has 5 atom stereocenters. The van der Waals surface area contributed by atoms with E-state index >= 15 is 0 Å². The Balaban J connectivity index is 2.00. The van der Waals surface area contributed by atoms with Gasteiger partial charge in [0.1, 0.15) is 0 Å². The van der Waals surface area contributed by atoms with E-state index in [-0.39, 0.29) is 18.1 Å². The quantitative estimate of drug-likeness (QED) is 0.821. The number of methoxy groups -OCH3 is 2. The first-order valence-electron chi connectivity index (χ1n) is 6.44. The van der Waals surface area contributed by atoms with Gasteiger partial charge in [0.05, 0.1) is 18.1 Å². The largest absolute Gasteiger partial charge is 0.481 e. The van der Waals surface area contributed by atoms with Crippen LogP contribution in [0.2, 0.25) is 0 Å². The minimum Gasteiger partial charge on any atom is -0.481 e. The van der Waals surface area contributed by atoms with Crippen molar-refractivity contribution in [1.82, 2.24) is 0 Å². The zero-order chi connectivity index (χ0) is 12.4. The van der Waals surface area contributed by atoms with Gasteiger partial charge in [0.15, 0.2) is 0 Å². The van der Waals surface area contributed by atoms with E-state index < -0.39 is 5.97 Å². The van der Waals surface area contributed by atoms with Crippen LogP contribution in [0.5, 0.6) is 0 Å². The van der Waals surface area contributed by atoms with E-state index in [1.54, 1.807) is 14.2 Å². The second-order valence-electron chi connectivity index (χ2n) is 5.39. The number of aliphatic carboxylic acids is 1. The van der Waals surface area contributed by atoms with Crippen LogP contribution in [0.1, 0.15) is 32.1 Å². The minimum atomic E-state index is -0.633. The molecule has 0 bridgehead atoms. The lowest BCUT2D eigenvalue weighted by Crippen LogP contribution is -2.44. The molecule has 0 aromatic carbocycles. The van der Waals surface area contributed by atoms with Crippen molar-refractivity contribution < 1.29 is 19.4 Å². The second-order valence-corrected chi connectivity index (χ2v) is 5.39. The Morgan fingerprint density at radius 3 is 2.12 bits per heavy atom. The van der Waals surface area contributed by atoms with Crippen molar-refractivity contribution in [3.8, 4) is 0 Å². The fraction of sp³-hybridized carbons (Fsp3) is 0.923. The van der Waals surface area contributed by atoms with Gasteiger partial charge in [-0.05, 0) is 43.9 Å². The molecule has 98 valence electrons.